The molecule has 1 heterocycles. The summed E-state index contributed by atoms with van der Waals surface area (Å²) >= 11 is 0. The lowest BCUT2D eigenvalue weighted by Gasteiger charge is -2.29. The predicted octanol–water partition coefficient (Wildman–Crippen LogP) is -3.85. The number of halogens is 3. The zero-order chi connectivity index (χ0) is 41.2. The third-order valence-electron chi connectivity index (χ3n) is 7.32. The first-order valence-corrected chi connectivity index (χ1v) is 16.4. The van der Waals surface area contributed by atoms with Gasteiger partial charge in [0.1, 0.15) is 42.8 Å². The van der Waals surface area contributed by atoms with Gasteiger partial charge in [-0.1, -0.05) is 27.7 Å². The van der Waals surface area contributed by atoms with Crippen LogP contribution in [-0.2, 0) is 38.4 Å². The first-order chi connectivity index (χ1) is 24.5. The smallest absolute Gasteiger partial charge is 0.480 e. The fourth-order valence-corrected chi connectivity index (χ4v) is 4.75. The highest BCUT2D eigenvalue weighted by atomic mass is 19.4. The number of carboxylic acid groups (broad SMARTS) is 2. The van der Waals surface area contributed by atoms with Crippen LogP contribution in [0.5, 0.6) is 0 Å². The second-order valence-corrected chi connectivity index (χ2v) is 12.8. The molecule has 0 unspecified atom stereocenters. The molecule has 20 nitrogen and oxygen atoms in total. The van der Waals surface area contributed by atoms with E-state index in [0.29, 0.717) is 6.42 Å². The summed E-state index contributed by atoms with van der Waals surface area (Å²) in [6, 6.07) is -7.75. The highest BCUT2D eigenvalue weighted by Crippen LogP contribution is 2.19. The van der Waals surface area contributed by atoms with Gasteiger partial charge in [-0.25, -0.2) is 4.79 Å². The Bertz CT molecular complexity index is 1290. The second-order valence-electron chi connectivity index (χ2n) is 12.8. The van der Waals surface area contributed by atoms with Gasteiger partial charge in [0.05, 0.1) is 19.8 Å². The Morgan fingerprint density at radius 1 is 0.717 bits per heavy atom. The number of aliphatic hydroxyl groups excluding tert-OH is 3. The number of carbonyl (C=O) groups excluding carboxylic acids is 6. The summed E-state index contributed by atoms with van der Waals surface area (Å²) < 4.78 is 31.7. The van der Waals surface area contributed by atoms with Crippen molar-refractivity contribution in [1.29, 1.82) is 0 Å². The number of alkyl halides is 3. The largest absolute Gasteiger partial charge is 0.490 e. The number of amides is 6. The van der Waals surface area contributed by atoms with Crippen LogP contribution in [-0.4, -0.2) is 153 Å². The lowest BCUT2D eigenvalue weighted by Crippen LogP contribution is -2.61. The van der Waals surface area contributed by atoms with E-state index in [1.54, 1.807) is 27.7 Å². The van der Waals surface area contributed by atoms with Crippen LogP contribution in [0.1, 0.15) is 53.4 Å². The Labute approximate surface area is 302 Å². The van der Waals surface area contributed by atoms with Crippen molar-refractivity contribution in [2.24, 2.45) is 17.6 Å². The summed E-state index contributed by atoms with van der Waals surface area (Å²) in [4.78, 5) is 98.2. The van der Waals surface area contributed by atoms with Crippen molar-refractivity contribution in [3.8, 4) is 0 Å². The first kappa shape index (κ1) is 48.4. The van der Waals surface area contributed by atoms with Gasteiger partial charge in [-0.05, 0) is 37.5 Å². The molecule has 1 saturated heterocycles. The van der Waals surface area contributed by atoms with Gasteiger partial charge in [0.2, 0.25) is 35.4 Å². The van der Waals surface area contributed by atoms with Gasteiger partial charge in [0, 0.05) is 6.54 Å². The average Bonchev–Trinajstić information content (AvgIpc) is 3.56. The van der Waals surface area contributed by atoms with Gasteiger partial charge >= 0.3 is 18.1 Å². The molecule has 23 heteroatoms. The van der Waals surface area contributed by atoms with Crippen LogP contribution in [0.2, 0.25) is 0 Å². The zero-order valence-electron chi connectivity index (χ0n) is 29.6. The molecular weight excluding hydrogens is 723 g/mol. The number of aliphatic hydroxyl groups is 3. The normalized spacial score (nSPS) is 16.9. The number of nitrogens with two attached hydrogens (primary N) is 1. The summed E-state index contributed by atoms with van der Waals surface area (Å²) in [6.07, 6.45) is -4.20. The van der Waals surface area contributed by atoms with Crippen LogP contribution in [0.4, 0.5) is 13.2 Å². The third-order valence-corrected chi connectivity index (χ3v) is 7.32. The quantitative estimate of drug-likeness (QED) is 0.0599. The zero-order valence-corrected chi connectivity index (χ0v) is 29.6. The number of carboxylic acids is 2. The first-order valence-electron chi connectivity index (χ1n) is 16.4. The number of nitrogens with one attached hydrogen (secondary N) is 5. The fraction of sp³-hybridized carbons (Fsp3) is 0.733. The molecule has 1 aliphatic rings. The lowest BCUT2D eigenvalue weighted by atomic mass is 10.0. The molecule has 6 atom stereocenters. The van der Waals surface area contributed by atoms with Gasteiger partial charge in [-0.3, -0.25) is 33.6 Å². The van der Waals surface area contributed by atoms with E-state index in [1.807, 2.05) is 0 Å². The number of hydrogen-bond acceptors (Lipinski definition) is 12. The van der Waals surface area contributed by atoms with Crippen LogP contribution in [0.3, 0.4) is 0 Å². The SMILES string of the molecule is CC(C)C[C@H](NC(=O)[C@H](CO)NC(=O)[C@H](CC(C)C)NC(=O)[C@@H](N)CO)C(=O)N[C@@H](CO)C(=O)N1CCC[C@@H]1C(=O)NCC(=O)O.O=C(O)C(F)(F)F. The molecule has 1 fully saturated rings. The molecule has 0 spiro atoms. The van der Waals surface area contributed by atoms with Gasteiger partial charge in [-0.2, -0.15) is 13.2 Å². The summed E-state index contributed by atoms with van der Waals surface area (Å²) in [7, 11) is 0. The van der Waals surface area contributed by atoms with E-state index < -0.39 is 116 Å². The molecule has 0 saturated carbocycles. The molecule has 6 amide bonds. The molecule has 304 valence electrons. The van der Waals surface area contributed by atoms with Crippen molar-refractivity contribution in [2.45, 2.75) is 95.8 Å². The van der Waals surface area contributed by atoms with Crippen molar-refractivity contribution < 1.29 is 77.1 Å². The number of rotatable bonds is 19. The molecule has 12 N–H and O–H groups in total. The van der Waals surface area contributed by atoms with Gasteiger partial charge in [0.25, 0.3) is 0 Å². The molecule has 53 heavy (non-hydrogen) atoms. The topological polar surface area (TPSA) is 327 Å². The van der Waals surface area contributed by atoms with Crippen molar-refractivity contribution in [3.05, 3.63) is 0 Å². The highest BCUT2D eigenvalue weighted by molar-refractivity contribution is 5.97. The molecule has 0 aromatic rings. The molecular formula is C30H50F3N7O13. The summed E-state index contributed by atoms with van der Waals surface area (Å²) in [6.45, 7) is 4.19. The van der Waals surface area contributed by atoms with E-state index in [-0.39, 0.29) is 37.6 Å². The predicted molar refractivity (Wildman–Crippen MR) is 175 cm³/mol. The maximum atomic E-state index is 13.3. The van der Waals surface area contributed by atoms with E-state index in [1.165, 1.54) is 0 Å². The molecule has 1 aliphatic heterocycles. The number of carbonyl (C=O) groups is 8. The molecule has 0 radical (unpaired) electrons. The highest BCUT2D eigenvalue weighted by Gasteiger charge is 2.39. The molecule has 0 bridgehead atoms. The van der Waals surface area contributed by atoms with Crippen LogP contribution in [0.25, 0.3) is 0 Å². The molecule has 1 rings (SSSR count). The Morgan fingerprint density at radius 2 is 1.13 bits per heavy atom. The number of hydrogen-bond donors (Lipinski definition) is 11. The summed E-state index contributed by atoms with van der Waals surface area (Å²) in [5.74, 6) is -9.15. The average molecular weight is 774 g/mol. The van der Waals surface area contributed by atoms with E-state index in [0.717, 1.165) is 4.90 Å². The van der Waals surface area contributed by atoms with Gasteiger partial charge < -0.3 is 62.8 Å². The van der Waals surface area contributed by atoms with Crippen LogP contribution in [0.15, 0.2) is 0 Å². The van der Waals surface area contributed by atoms with Crippen molar-refractivity contribution in [2.75, 3.05) is 32.9 Å². The monoisotopic (exact) mass is 773 g/mol. The standard InChI is InChI=1S/C28H49N7O11.C2HF3O2/c1-14(2)8-17(31-23(41)16(29)11-36)24(42)33-19(12-37)26(44)32-18(9-15(3)4)25(43)34-20(13-38)28(46)35-7-5-6-21(35)27(45)30-10-22(39)40;3-2(4,5)1(6)7/h14-21,36-38H,5-13,29H2,1-4H3,(H,30,45)(H,31,41)(H,32,44)(H,33,42)(H,34,43)(H,39,40);(H,6,7)/t16-,17-,18-,19-,20-,21+;/m0./s1. The third kappa shape index (κ3) is 17.6. The van der Waals surface area contributed by atoms with Gasteiger partial charge in [-0.15, -0.1) is 0 Å². The van der Waals surface area contributed by atoms with E-state index in [9.17, 15) is 56.9 Å². The molecule has 0 aromatic heterocycles. The van der Waals surface area contributed by atoms with Gasteiger partial charge in [0.15, 0.2) is 0 Å². The fourth-order valence-electron chi connectivity index (χ4n) is 4.75. The Hall–Kier alpha value is -4.61. The summed E-state index contributed by atoms with van der Waals surface area (Å²) in [5, 5.41) is 56.7. The maximum Gasteiger partial charge on any atom is 0.490 e. The van der Waals surface area contributed by atoms with Crippen LogP contribution < -0.4 is 32.3 Å². The number of nitrogens with zero attached hydrogens (tertiary/aromatic N) is 1. The van der Waals surface area contributed by atoms with E-state index in [4.69, 9.17) is 25.8 Å². The maximum absolute atomic E-state index is 13.3. The van der Waals surface area contributed by atoms with Crippen LogP contribution in [0, 0.1) is 11.8 Å². The van der Waals surface area contributed by atoms with Crippen molar-refractivity contribution >= 4 is 47.4 Å². The Kier molecular flexibility index (Phi) is 21.1. The molecule has 0 aromatic carbocycles. The van der Waals surface area contributed by atoms with Crippen molar-refractivity contribution in [3.63, 3.8) is 0 Å². The van der Waals surface area contributed by atoms with E-state index >= 15 is 0 Å². The minimum atomic E-state index is -5.08. The molecule has 0 aliphatic carbocycles. The Balaban J connectivity index is 0.00000348. The lowest BCUT2D eigenvalue weighted by molar-refractivity contribution is -0.192. The number of likely N-dealkylation sites (tertiary alicyclic amines) is 1. The minimum Gasteiger partial charge on any atom is -0.480 e. The van der Waals surface area contributed by atoms with Crippen LogP contribution >= 0.6 is 0 Å². The van der Waals surface area contributed by atoms with Crippen molar-refractivity contribution in [1.82, 2.24) is 31.5 Å². The Morgan fingerprint density at radius 3 is 1.53 bits per heavy atom. The number of aliphatic carboxylic acids is 2. The minimum absolute atomic E-state index is 0.0605. The van der Waals surface area contributed by atoms with E-state index in [2.05, 4.69) is 26.6 Å². The summed E-state index contributed by atoms with van der Waals surface area (Å²) in [5.41, 5.74) is 5.52. The second kappa shape index (κ2) is 23.1.